The minimum Gasteiger partial charge on any atom is -0.370 e. The zero-order valence-electron chi connectivity index (χ0n) is 21.7. The van der Waals surface area contributed by atoms with E-state index in [1.165, 1.54) is 4.90 Å². The van der Waals surface area contributed by atoms with Gasteiger partial charge >= 0.3 is 0 Å². The third-order valence-electron chi connectivity index (χ3n) is 6.33. The molecule has 1 aromatic heterocycles. The maximum absolute atomic E-state index is 13.6. The standard InChI is InChI=1S/C23H40N10O4/c1-3-7-15(8-4-2)20(35)28-17(13-19-29-31-32-30-19)22(37)33-12-6-10-18(33)21(36)27-16(14-34)9-5-11-26-23(24)25/h14-18H,3-13H2,1-2H3,(H,27,36)(H,28,35)(H4,24,25,26)(H,29,30,31,32)/t16-,17-,18+/m1/s1. The summed E-state index contributed by atoms with van der Waals surface area (Å²) < 4.78 is 0. The Bertz CT molecular complexity index is 897. The molecule has 0 aliphatic carbocycles. The topological polar surface area (TPSA) is 214 Å². The third kappa shape index (κ3) is 9.42. The normalized spacial score (nSPS) is 16.7. The molecule has 1 fully saturated rings. The van der Waals surface area contributed by atoms with Crippen molar-refractivity contribution in [1.29, 1.82) is 0 Å². The van der Waals surface area contributed by atoms with Crippen molar-refractivity contribution < 1.29 is 19.2 Å². The van der Waals surface area contributed by atoms with Crippen LogP contribution < -0.4 is 22.1 Å². The van der Waals surface area contributed by atoms with E-state index in [0.717, 1.165) is 12.8 Å². The lowest BCUT2D eigenvalue weighted by molar-refractivity contribution is -0.142. The van der Waals surface area contributed by atoms with Gasteiger partial charge in [-0.25, -0.2) is 0 Å². The van der Waals surface area contributed by atoms with Gasteiger partial charge in [-0.2, -0.15) is 5.21 Å². The lowest BCUT2D eigenvalue weighted by atomic mass is 9.96. The van der Waals surface area contributed by atoms with Crippen LogP contribution in [0.25, 0.3) is 0 Å². The van der Waals surface area contributed by atoms with E-state index < -0.39 is 29.9 Å². The number of nitrogens with zero attached hydrogens (tertiary/aromatic N) is 5. The first kappa shape index (κ1) is 29.6. The lowest BCUT2D eigenvalue weighted by Gasteiger charge is -2.29. The van der Waals surface area contributed by atoms with E-state index in [0.29, 0.717) is 57.9 Å². The van der Waals surface area contributed by atoms with Crippen molar-refractivity contribution >= 4 is 30.0 Å². The molecule has 0 radical (unpaired) electrons. The maximum atomic E-state index is 13.6. The molecule has 0 unspecified atom stereocenters. The number of nitrogens with two attached hydrogens (primary N) is 2. The number of H-pyrrole nitrogens is 1. The number of likely N-dealkylation sites (tertiary alicyclic amines) is 1. The second-order valence-corrected chi connectivity index (χ2v) is 9.26. The number of nitrogens with one attached hydrogen (secondary N) is 3. The molecule has 3 atom stereocenters. The molecule has 2 rings (SSSR count). The second-order valence-electron chi connectivity index (χ2n) is 9.26. The number of hydrogen-bond acceptors (Lipinski definition) is 8. The van der Waals surface area contributed by atoms with Gasteiger partial charge < -0.3 is 31.8 Å². The van der Waals surface area contributed by atoms with Crippen LogP contribution in [0, 0.1) is 5.92 Å². The smallest absolute Gasteiger partial charge is 0.246 e. The molecule has 0 spiro atoms. The fourth-order valence-corrected chi connectivity index (χ4v) is 4.52. The molecular formula is C23H40N10O4. The molecule has 2 heterocycles. The van der Waals surface area contributed by atoms with Crippen molar-refractivity contribution in [3.63, 3.8) is 0 Å². The van der Waals surface area contributed by atoms with Crippen LogP contribution in [0.4, 0.5) is 0 Å². The van der Waals surface area contributed by atoms with Crippen LogP contribution >= 0.6 is 0 Å². The number of aliphatic imine (C=N–C) groups is 1. The van der Waals surface area contributed by atoms with E-state index in [4.69, 9.17) is 11.5 Å². The summed E-state index contributed by atoms with van der Waals surface area (Å²) in [5.74, 6) is -0.969. The molecule has 206 valence electrons. The number of carbonyl (C=O) groups is 4. The summed E-state index contributed by atoms with van der Waals surface area (Å²) >= 11 is 0. The Morgan fingerprint density at radius 2 is 1.92 bits per heavy atom. The van der Waals surface area contributed by atoms with Crippen LogP contribution in [0.15, 0.2) is 4.99 Å². The van der Waals surface area contributed by atoms with E-state index >= 15 is 0 Å². The summed E-state index contributed by atoms with van der Waals surface area (Å²) in [7, 11) is 0. The first-order valence-corrected chi connectivity index (χ1v) is 12.9. The largest absolute Gasteiger partial charge is 0.370 e. The predicted molar refractivity (Wildman–Crippen MR) is 136 cm³/mol. The molecule has 37 heavy (non-hydrogen) atoms. The van der Waals surface area contributed by atoms with Crippen LogP contribution in [-0.4, -0.2) is 86.7 Å². The van der Waals surface area contributed by atoms with Gasteiger partial charge in [0.2, 0.25) is 17.7 Å². The first-order chi connectivity index (χ1) is 17.8. The number of amides is 3. The van der Waals surface area contributed by atoms with Gasteiger partial charge in [0.1, 0.15) is 18.4 Å². The Balaban J connectivity index is 2.11. The zero-order chi connectivity index (χ0) is 27.2. The monoisotopic (exact) mass is 520 g/mol. The quantitative estimate of drug-likeness (QED) is 0.0794. The number of aldehydes is 1. The van der Waals surface area contributed by atoms with Gasteiger partial charge in [0, 0.05) is 25.4 Å². The maximum Gasteiger partial charge on any atom is 0.246 e. The molecule has 3 amide bonds. The van der Waals surface area contributed by atoms with Gasteiger partial charge in [-0.1, -0.05) is 31.9 Å². The Hall–Kier alpha value is -3.58. The Morgan fingerprint density at radius 1 is 1.19 bits per heavy atom. The number of hydrogen-bond donors (Lipinski definition) is 5. The summed E-state index contributed by atoms with van der Waals surface area (Å²) in [5.41, 5.74) is 10.6. The molecule has 14 heteroatoms. The lowest BCUT2D eigenvalue weighted by Crippen LogP contribution is -2.56. The number of tetrazole rings is 1. The highest BCUT2D eigenvalue weighted by Gasteiger charge is 2.39. The summed E-state index contributed by atoms with van der Waals surface area (Å²) in [6.45, 7) is 4.72. The molecule has 0 aromatic carbocycles. The molecule has 1 aromatic rings. The van der Waals surface area contributed by atoms with Gasteiger partial charge in [0.15, 0.2) is 11.8 Å². The summed E-state index contributed by atoms with van der Waals surface area (Å²) in [4.78, 5) is 56.6. The van der Waals surface area contributed by atoms with Gasteiger partial charge in [-0.05, 0) is 38.5 Å². The van der Waals surface area contributed by atoms with E-state index in [-0.39, 0.29) is 30.0 Å². The molecule has 7 N–H and O–H groups in total. The SMILES string of the molecule is CCCC(CCC)C(=O)N[C@H](Cc1nn[nH]n1)C(=O)N1CCC[C@H]1C(=O)N[C@@H](C=O)CCCN=C(N)N. The number of aromatic nitrogens is 4. The number of guanidine groups is 1. The highest BCUT2D eigenvalue weighted by atomic mass is 16.2. The zero-order valence-corrected chi connectivity index (χ0v) is 21.7. The Labute approximate surface area is 216 Å². The van der Waals surface area contributed by atoms with E-state index in [1.807, 2.05) is 13.8 Å². The van der Waals surface area contributed by atoms with Crippen molar-refractivity contribution in [2.45, 2.75) is 89.8 Å². The molecule has 0 saturated carbocycles. The van der Waals surface area contributed by atoms with Gasteiger partial charge in [0.25, 0.3) is 0 Å². The summed E-state index contributed by atoms with van der Waals surface area (Å²) in [6, 6.07) is -2.42. The minimum atomic E-state index is -0.948. The van der Waals surface area contributed by atoms with Crippen molar-refractivity contribution in [3.05, 3.63) is 5.82 Å². The highest BCUT2D eigenvalue weighted by Crippen LogP contribution is 2.21. The molecule has 1 aliphatic heterocycles. The molecular weight excluding hydrogens is 480 g/mol. The summed E-state index contributed by atoms with van der Waals surface area (Å²) in [5, 5.41) is 19.4. The first-order valence-electron chi connectivity index (χ1n) is 12.9. The van der Waals surface area contributed by atoms with Crippen molar-refractivity contribution in [2.24, 2.45) is 22.4 Å². The van der Waals surface area contributed by atoms with Gasteiger partial charge in [-0.3, -0.25) is 19.4 Å². The molecule has 0 bridgehead atoms. The van der Waals surface area contributed by atoms with Crippen molar-refractivity contribution in [2.75, 3.05) is 13.1 Å². The van der Waals surface area contributed by atoms with Crippen molar-refractivity contribution in [3.8, 4) is 0 Å². The average Bonchev–Trinajstić information content (AvgIpc) is 3.57. The van der Waals surface area contributed by atoms with Crippen LogP contribution in [0.3, 0.4) is 0 Å². The number of aromatic amines is 1. The van der Waals surface area contributed by atoms with E-state index in [1.54, 1.807) is 0 Å². The number of rotatable bonds is 16. The van der Waals surface area contributed by atoms with Gasteiger partial charge in [0.05, 0.1) is 6.04 Å². The Kier molecular flexibility index (Phi) is 12.4. The van der Waals surface area contributed by atoms with E-state index in [2.05, 4.69) is 36.3 Å². The second kappa shape index (κ2) is 15.5. The minimum absolute atomic E-state index is 0.0371. The van der Waals surface area contributed by atoms with E-state index in [9.17, 15) is 19.2 Å². The third-order valence-corrected chi connectivity index (χ3v) is 6.33. The Morgan fingerprint density at radius 3 is 2.51 bits per heavy atom. The molecule has 1 saturated heterocycles. The molecule has 14 nitrogen and oxygen atoms in total. The fourth-order valence-electron chi connectivity index (χ4n) is 4.52. The number of carbonyl (C=O) groups excluding carboxylic acids is 4. The van der Waals surface area contributed by atoms with Crippen LogP contribution in [0.2, 0.25) is 0 Å². The van der Waals surface area contributed by atoms with Gasteiger partial charge in [-0.15, -0.1) is 10.2 Å². The fraction of sp³-hybridized carbons (Fsp3) is 0.739. The van der Waals surface area contributed by atoms with Crippen LogP contribution in [0.5, 0.6) is 0 Å². The molecule has 1 aliphatic rings. The highest BCUT2D eigenvalue weighted by molar-refractivity contribution is 5.93. The average molecular weight is 521 g/mol. The van der Waals surface area contributed by atoms with Crippen LogP contribution in [0.1, 0.15) is 71.0 Å². The van der Waals surface area contributed by atoms with Crippen LogP contribution in [-0.2, 0) is 25.6 Å². The summed E-state index contributed by atoms with van der Waals surface area (Å²) in [6.07, 6.45) is 5.77. The predicted octanol–water partition coefficient (Wildman–Crippen LogP) is -0.828. The van der Waals surface area contributed by atoms with Crippen molar-refractivity contribution in [1.82, 2.24) is 36.2 Å².